The maximum Gasteiger partial charge on any atom is 0.145 e. The second-order valence-electron chi connectivity index (χ2n) is 7.01. The van der Waals surface area contributed by atoms with Crippen molar-refractivity contribution in [1.82, 2.24) is 5.32 Å². The second-order valence-corrected chi connectivity index (χ2v) is 7.01. The average Bonchev–Trinajstić information content (AvgIpc) is 2.65. The minimum absolute atomic E-state index is 0.344. The molecule has 0 saturated heterocycles. The van der Waals surface area contributed by atoms with Gasteiger partial charge in [-0.15, -0.1) is 0 Å². The molecule has 150 valence electrons. The molecule has 1 aromatic rings. The molecule has 0 amide bonds. The van der Waals surface area contributed by atoms with Gasteiger partial charge in [-0.2, -0.15) is 0 Å². The molecule has 0 aliphatic carbocycles. The van der Waals surface area contributed by atoms with E-state index in [1.165, 1.54) is 31.1 Å². The molecule has 0 unspecified atom stereocenters. The molecule has 0 aromatic heterocycles. The number of benzene rings is 1. The van der Waals surface area contributed by atoms with Crippen molar-refractivity contribution in [2.45, 2.75) is 46.2 Å². The van der Waals surface area contributed by atoms with E-state index >= 15 is 0 Å². The number of hydrogen-bond acceptors (Lipinski definition) is 3. The SMILES string of the molecule is C=C/C(C=N)=C(/NC/C=C\C=C(/N=C)c1cccc(CCC)c1C)C(C)(C)F. The lowest BCUT2D eigenvalue weighted by Crippen LogP contribution is -2.30. The van der Waals surface area contributed by atoms with Gasteiger partial charge in [0.05, 0.1) is 11.4 Å². The average molecular weight is 382 g/mol. The normalized spacial score (nSPS) is 13.2. The highest BCUT2D eigenvalue weighted by atomic mass is 19.1. The van der Waals surface area contributed by atoms with Crippen molar-refractivity contribution >= 4 is 18.6 Å². The Kier molecular flexibility index (Phi) is 9.29. The summed E-state index contributed by atoms with van der Waals surface area (Å²) in [5.74, 6) is 0. The summed E-state index contributed by atoms with van der Waals surface area (Å²) in [6, 6.07) is 6.25. The third-order valence-electron chi connectivity index (χ3n) is 4.46. The predicted octanol–water partition coefficient (Wildman–Crippen LogP) is 5.97. The van der Waals surface area contributed by atoms with Crippen molar-refractivity contribution in [2.24, 2.45) is 4.99 Å². The lowest BCUT2D eigenvalue weighted by Gasteiger charge is -2.22. The van der Waals surface area contributed by atoms with E-state index in [4.69, 9.17) is 5.41 Å². The second kappa shape index (κ2) is 11.2. The Balaban J connectivity index is 2.97. The van der Waals surface area contributed by atoms with E-state index in [9.17, 15) is 4.39 Å². The Labute approximate surface area is 169 Å². The van der Waals surface area contributed by atoms with Gasteiger partial charge in [-0.25, -0.2) is 4.39 Å². The number of rotatable bonds is 11. The van der Waals surface area contributed by atoms with Gasteiger partial charge in [0.1, 0.15) is 5.67 Å². The maximum atomic E-state index is 14.4. The Morgan fingerprint density at radius 1 is 1.36 bits per heavy atom. The number of allylic oxidation sites excluding steroid dienone is 5. The van der Waals surface area contributed by atoms with Crippen molar-refractivity contribution in [1.29, 1.82) is 5.41 Å². The van der Waals surface area contributed by atoms with Crippen LogP contribution in [0.3, 0.4) is 0 Å². The van der Waals surface area contributed by atoms with Gasteiger partial charge < -0.3 is 10.7 Å². The zero-order chi connectivity index (χ0) is 21.2. The minimum atomic E-state index is -1.59. The van der Waals surface area contributed by atoms with Gasteiger partial charge in [-0.3, -0.25) is 4.99 Å². The van der Waals surface area contributed by atoms with Crippen LogP contribution in [0.4, 0.5) is 4.39 Å². The first-order chi connectivity index (χ1) is 13.3. The molecule has 0 spiro atoms. The van der Waals surface area contributed by atoms with E-state index < -0.39 is 5.67 Å². The van der Waals surface area contributed by atoms with Crippen LogP contribution in [0.15, 0.2) is 65.3 Å². The van der Waals surface area contributed by atoms with Crippen LogP contribution < -0.4 is 5.32 Å². The molecule has 1 aromatic carbocycles. The number of nitrogens with one attached hydrogen (secondary N) is 2. The Hall–Kier alpha value is -2.75. The van der Waals surface area contributed by atoms with Crippen molar-refractivity contribution < 1.29 is 4.39 Å². The maximum absolute atomic E-state index is 14.4. The Morgan fingerprint density at radius 2 is 2.07 bits per heavy atom. The molecule has 0 fully saturated rings. The van der Waals surface area contributed by atoms with E-state index in [1.54, 1.807) is 0 Å². The van der Waals surface area contributed by atoms with Gasteiger partial charge in [0, 0.05) is 23.9 Å². The summed E-state index contributed by atoms with van der Waals surface area (Å²) < 4.78 is 14.4. The zero-order valence-corrected chi connectivity index (χ0v) is 17.5. The summed E-state index contributed by atoms with van der Waals surface area (Å²) >= 11 is 0. The molecule has 2 N–H and O–H groups in total. The molecule has 0 radical (unpaired) electrons. The fraction of sp³-hybridized carbons (Fsp3) is 0.333. The van der Waals surface area contributed by atoms with Crippen molar-refractivity contribution in [3.8, 4) is 0 Å². The summed E-state index contributed by atoms with van der Waals surface area (Å²) in [6.07, 6.45) is 10.4. The number of halogens is 1. The van der Waals surface area contributed by atoms with Crippen LogP contribution in [0, 0.1) is 12.3 Å². The van der Waals surface area contributed by atoms with Gasteiger partial charge in [0.25, 0.3) is 0 Å². The topological polar surface area (TPSA) is 48.2 Å². The van der Waals surface area contributed by atoms with Crippen molar-refractivity contribution in [2.75, 3.05) is 6.54 Å². The van der Waals surface area contributed by atoms with Crippen molar-refractivity contribution in [3.63, 3.8) is 0 Å². The molecular weight excluding hydrogens is 349 g/mol. The summed E-state index contributed by atoms with van der Waals surface area (Å²) in [5, 5.41) is 10.5. The van der Waals surface area contributed by atoms with E-state index in [2.05, 4.69) is 43.5 Å². The highest BCUT2D eigenvalue weighted by Crippen LogP contribution is 2.24. The van der Waals surface area contributed by atoms with E-state index in [0.717, 1.165) is 30.3 Å². The summed E-state index contributed by atoms with van der Waals surface area (Å²) in [5.41, 5.74) is 3.62. The number of alkyl halides is 1. The van der Waals surface area contributed by atoms with Crippen LogP contribution in [0.25, 0.3) is 5.70 Å². The molecule has 0 bridgehead atoms. The fourth-order valence-corrected chi connectivity index (χ4v) is 3.01. The zero-order valence-electron chi connectivity index (χ0n) is 17.5. The number of hydrogen-bond donors (Lipinski definition) is 2. The lowest BCUT2D eigenvalue weighted by atomic mass is 9.97. The van der Waals surface area contributed by atoms with Crippen LogP contribution >= 0.6 is 0 Å². The smallest absolute Gasteiger partial charge is 0.145 e. The predicted molar refractivity (Wildman–Crippen MR) is 121 cm³/mol. The summed E-state index contributed by atoms with van der Waals surface area (Å²) in [4.78, 5) is 4.17. The molecule has 0 aliphatic heterocycles. The Bertz CT molecular complexity index is 783. The minimum Gasteiger partial charge on any atom is -0.382 e. The largest absolute Gasteiger partial charge is 0.382 e. The molecular formula is C24H32FN3. The number of aliphatic imine (C=N–C) groups is 1. The third kappa shape index (κ3) is 6.45. The van der Waals surface area contributed by atoms with Gasteiger partial charge in [0.15, 0.2) is 0 Å². The van der Waals surface area contributed by atoms with Gasteiger partial charge in [-0.05, 0) is 51.1 Å². The quantitative estimate of drug-likeness (QED) is 0.360. The van der Waals surface area contributed by atoms with Crippen LogP contribution in [-0.2, 0) is 6.42 Å². The summed E-state index contributed by atoms with van der Waals surface area (Å²) in [6.45, 7) is 15.0. The molecule has 1 rings (SSSR count). The fourth-order valence-electron chi connectivity index (χ4n) is 3.01. The summed E-state index contributed by atoms with van der Waals surface area (Å²) in [7, 11) is 0. The standard InChI is InChI=1S/C24H32FN3/c1-7-12-20-13-11-14-21(18(20)3)22(27-6)15-9-10-16-28-23(24(4,5)25)19(8-2)17-26/h8-11,13-15,17,26,28H,2,6-7,12,16H2,1,3-5H3/b10-9-,22-15-,23-19-,26-17?. The van der Waals surface area contributed by atoms with Gasteiger partial charge >= 0.3 is 0 Å². The first-order valence-electron chi connectivity index (χ1n) is 9.52. The molecule has 0 aliphatic rings. The first kappa shape index (κ1) is 23.3. The molecule has 0 saturated carbocycles. The van der Waals surface area contributed by atoms with Crippen LogP contribution in [0.1, 0.15) is 43.9 Å². The van der Waals surface area contributed by atoms with Crippen molar-refractivity contribution in [3.05, 3.63) is 77.0 Å². The van der Waals surface area contributed by atoms with E-state index in [0.29, 0.717) is 17.8 Å². The molecule has 0 atom stereocenters. The van der Waals surface area contributed by atoms with Gasteiger partial charge in [-0.1, -0.05) is 56.4 Å². The Morgan fingerprint density at radius 3 is 2.61 bits per heavy atom. The number of aryl methyl sites for hydroxylation is 1. The van der Waals surface area contributed by atoms with Crippen LogP contribution in [-0.4, -0.2) is 25.1 Å². The highest BCUT2D eigenvalue weighted by Gasteiger charge is 2.23. The van der Waals surface area contributed by atoms with E-state index in [1.807, 2.05) is 30.4 Å². The molecule has 0 heterocycles. The van der Waals surface area contributed by atoms with Gasteiger partial charge in [0.2, 0.25) is 0 Å². The third-order valence-corrected chi connectivity index (χ3v) is 4.46. The van der Waals surface area contributed by atoms with Crippen LogP contribution in [0.2, 0.25) is 0 Å². The molecule has 28 heavy (non-hydrogen) atoms. The van der Waals surface area contributed by atoms with E-state index in [-0.39, 0.29) is 0 Å². The number of nitrogens with zero attached hydrogens (tertiary/aromatic N) is 1. The molecule has 3 nitrogen and oxygen atoms in total. The first-order valence-corrected chi connectivity index (χ1v) is 9.52. The monoisotopic (exact) mass is 381 g/mol. The molecule has 4 heteroatoms. The highest BCUT2D eigenvalue weighted by molar-refractivity contribution is 5.81. The lowest BCUT2D eigenvalue weighted by molar-refractivity contribution is 0.255. The van der Waals surface area contributed by atoms with Crippen LogP contribution in [0.5, 0.6) is 0 Å².